The van der Waals surface area contributed by atoms with Gasteiger partial charge in [0.1, 0.15) is 5.82 Å². The van der Waals surface area contributed by atoms with Gasteiger partial charge in [0.2, 0.25) is 0 Å². The molecule has 0 bridgehead atoms. The number of rotatable bonds is 3. The summed E-state index contributed by atoms with van der Waals surface area (Å²) in [4.78, 5) is 8.40. The maximum atomic E-state index is 4.20. The van der Waals surface area contributed by atoms with Crippen molar-refractivity contribution in [3.05, 3.63) is 59.7 Å². The van der Waals surface area contributed by atoms with E-state index in [1.54, 1.807) is 12.4 Å². The first-order valence-corrected chi connectivity index (χ1v) is 6.57. The molecule has 1 aromatic heterocycles. The van der Waals surface area contributed by atoms with Crippen LogP contribution in [0, 0.1) is 6.92 Å². The molecule has 0 aliphatic carbocycles. The van der Waals surface area contributed by atoms with Gasteiger partial charge in [0.05, 0.1) is 0 Å². The first kappa shape index (κ1) is 14.4. The predicted octanol–water partition coefficient (Wildman–Crippen LogP) is 3.99. The first-order chi connectivity index (χ1) is 8.76. The van der Waals surface area contributed by atoms with Gasteiger partial charge in [0.15, 0.2) is 0 Å². The Labute approximate surface area is 110 Å². The molecule has 0 aliphatic rings. The van der Waals surface area contributed by atoms with Crippen LogP contribution in [0.5, 0.6) is 0 Å². The first-order valence-electron chi connectivity index (χ1n) is 6.57. The van der Waals surface area contributed by atoms with Crippen LogP contribution in [0.15, 0.2) is 42.7 Å². The van der Waals surface area contributed by atoms with Crippen LogP contribution in [0.3, 0.4) is 0 Å². The fraction of sp³-hybridized carbons (Fsp3) is 0.375. The number of aromatic nitrogens is 2. The van der Waals surface area contributed by atoms with Crippen LogP contribution in [-0.4, -0.2) is 9.97 Å². The zero-order chi connectivity index (χ0) is 13.2. The average Bonchev–Trinajstić information content (AvgIpc) is 2.40. The molecule has 0 radical (unpaired) electrons. The zero-order valence-corrected chi connectivity index (χ0v) is 11.6. The van der Waals surface area contributed by atoms with Gasteiger partial charge in [-0.25, -0.2) is 9.97 Å². The Kier molecular flexibility index (Phi) is 6.70. The largest absolute Gasteiger partial charge is 0.241 e. The van der Waals surface area contributed by atoms with Crippen molar-refractivity contribution in [1.82, 2.24) is 9.97 Å². The Bertz CT molecular complexity index is 421. The van der Waals surface area contributed by atoms with Crippen LogP contribution in [0.25, 0.3) is 0 Å². The number of nitrogens with zero attached hydrogens (tertiary/aromatic N) is 2. The highest BCUT2D eigenvalue weighted by atomic mass is 14.8. The van der Waals surface area contributed by atoms with Crippen molar-refractivity contribution in [2.24, 2.45) is 0 Å². The number of hydrogen-bond donors (Lipinski definition) is 0. The zero-order valence-electron chi connectivity index (χ0n) is 11.6. The van der Waals surface area contributed by atoms with Crippen molar-refractivity contribution in [2.75, 3.05) is 0 Å². The van der Waals surface area contributed by atoms with Crippen LogP contribution in [-0.2, 0) is 12.8 Å². The normalized spacial score (nSPS) is 9.50. The third-order valence-corrected chi connectivity index (χ3v) is 2.38. The van der Waals surface area contributed by atoms with E-state index in [0.29, 0.717) is 0 Å². The number of aryl methyl sites for hydroxylation is 3. The van der Waals surface area contributed by atoms with Gasteiger partial charge in [-0.1, -0.05) is 50.1 Å². The summed E-state index contributed by atoms with van der Waals surface area (Å²) in [7, 11) is 0. The van der Waals surface area contributed by atoms with Gasteiger partial charge in [0.25, 0.3) is 0 Å². The van der Waals surface area contributed by atoms with Crippen LogP contribution in [0.4, 0.5) is 0 Å². The lowest BCUT2D eigenvalue weighted by Gasteiger charge is -2.00. The van der Waals surface area contributed by atoms with Crippen LogP contribution in [0.2, 0.25) is 0 Å². The van der Waals surface area contributed by atoms with E-state index in [4.69, 9.17) is 0 Å². The highest BCUT2D eigenvalue weighted by Crippen LogP contribution is 2.05. The molecule has 0 N–H and O–H groups in total. The third-order valence-electron chi connectivity index (χ3n) is 2.38. The molecule has 1 aromatic carbocycles. The lowest BCUT2D eigenvalue weighted by Crippen LogP contribution is -1.96. The molecule has 0 unspecified atom stereocenters. The van der Waals surface area contributed by atoms with Crippen molar-refractivity contribution < 1.29 is 0 Å². The Morgan fingerprint density at radius 2 is 1.44 bits per heavy atom. The molecule has 0 saturated carbocycles. The van der Waals surface area contributed by atoms with E-state index in [-0.39, 0.29) is 0 Å². The minimum Gasteiger partial charge on any atom is -0.241 e. The Morgan fingerprint density at radius 3 is 2.00 bits per heavy atom. The summed E-state index contributed by atoms with van der Waals surface area (Å²) in [6, 6.07) is 10.5. The summed E-state index contributed by atoms with van der Waals surface area (Å²) < 4.78 is 0. The molecule has 0 spiro atoms. The molecule has 0 fully saturated rings. The van der Waals surface area contributed by atoms with Gasteiger partial charge < -0.3 is 0 Å². The van der Waals surface area contributed by atoms with Crippen molar-refractivity contribution in [1.29, 1.82) is 0 Å². The SMILES string of the molecule is CCC.Cc1ccc(CCc2ncccn2)cc1. The quantitative estimate of drug-likeness (QED) is 0.813. The third kappa shape index (κ3) is 5.58. The Balaban J connectivity index is 0.000000492. The molecular weight excluding hydrogens is 220 g/mol. The molecule has 0 aliphatic heterocycles. The lowest BCUT2D eigenvalue weighted by molar-refractivity contribution is 0.857. The van der Waals surface area contributed by atoms with Gasteiger partial charge in [-0.3, -0.25) is 0 Å². The monoisotopic (exact) mass is 242 g/mol. The summed E-state index contributed by atoms with van der Waals surface area (Å²) in [6.45, 7) is 6.35. The summed E-state index contributed by atoms with van der Waals surface area (Å²) >= 11 is 0. The molecule has 0 amide bonds. The minimum absolute atomic E-state index is 0.907. The number of benzene rings is 1. The molecule has 0 atom stereocenters. The highest BCUT2D eigenvalue weighted by Gasteiger charge is 1.96. The van der Waals surface area contributed by atoms with Gasteiger partial charge in [-0.05, 0) is 25.0 Å². The molecule has 96 valence electrons. The number of hydrogen-bond acceptors (Lipinski definition) is 2. The lowest BCUT2D eigenvalue weighted by atomic mass is 10.1. The molecule has 0 saturated heterocycles. The molecule has 2 aromatic rings. The predicted molar refractivity (Wildman–Crippen MR) is 76.6 cm³/mol. The fourth-order valence-electron chi connectivity index (χ4n) is 1.47. The molecular formula is C16H22N2. The van der Waals surface area contributed by atoms with Gasteiger partial charge >= 0.3 is 0 Å². The Morgan fingerprint density at radius 1 is 0.889 bits per heavy atom. The summed E-state index contributed by atoms with van der Waals surface area (Å²) in [6.07, 6.45) is 6.74. The average molecular weight is 242 g/mol. The van der Waals surface area contributed by atoms with Crippen LogP contribution >= 0.6 is 0 Å². The van der Waals surface area contributed by atoms with E-state index < -0.39 is 0 Å². The highest BCUT2D eigenvalue weighted by molar-refractivity contribution is 5.21. The molecule has 1 heterocycles. The second-order valence-corrected chi connectivity index (χ2v) is 4.36. The standard InChI is InChI=1S/C13H14N2.C3H8/c1-11-3-5-12(6-4-11)7-8-13-14-9-2-10-15-13;1-3-2/h2-6,9-10H,7-8H2,1H3;3H2,1-2H3. The van der Waals surface area contributed by atoms with Crippen molar-refractivity contribution >= 4 is 0 Å². The maximum absolute atomic E-state index is 4.20. The molecule has 2 rings (SSSR count). The minimum atomic E-state index is 0.907. The Hall–Kier alpha value is -1.70. The second kappa shape index (κ2) is 8.40. The van der Waals surface area contributed by atoms with E-state index in [1.165, 1.54) is 17.5 Å². The van der Waals surface area contributed by atoms with E-state index in [1.807, 2.05) is 6.07 Å². The molecule has 2 heteroatoms. The van der Waals surface area contributed by atoms with E-state index in [9.17, 15) is 0 Å². The second-order valence-electron chi connectivity index (χ2n) is 4.36. The van der Waals surface area contributed by atoms with E-state index >= 15 is 0 Å². The molecule has 18 heavy (non-hydrogen) atoms. The fourth-order valence-corrected chi connectivity index (χ4v) is 1.47. The molecule has 2 nitrogen and oxygen atoms in total. The van der Waals surface area contributed by atoms with Gasteiger partial charge in [0, 0.05) is 18.8 Å². The smallest absolute Gasteiger partial charge is 0.128 e. The van der Waals surface area contributed by atoms with E-state index in [0.717, 1.165) is 18.7 Å². The summed E-state index contributed by atoms with van der Waals surface area (Å²) in [5.74, 6) is 0.915. The van der Waals surface area contributed by atoms with Gasteiger partial charge in [-0.15, -0.1) is 0 Å². The van der Waals surface area contributed by atoms with Crippen molar-refractivity contribution in [3.63, 3.8) is 0 Å². The maximum Gasteiger partial charge on any atom is 0.128 e. The topological polar surface area (TPSA) is 25.8 Å². The van der Waals surface area contributed by atoms with Crippen LogP contribution in [0.1, 0.15) is 37.2 Å². The summed E-state index contributed by atoms with van der Waals surface area (Å²) in [5.41, 5.74) is 2.64. The van der Waals surface area contributed by atoms with Gasteiger partial charge in [-0.2, -0.15) is 0 Å². The van der Waals surface area contributed by atoms with Crippen LogP contribution < -0.4 is 0 Å². The van der Waals surface area contributed by atoms with Crippen molar-refractivity contribution in [2.45, 2.75) is 40.0 Å². The summed E-state index contributed by atoms with van der Waals surface area (Å²) in [5, 5.41) is 0. The van der Waals surface area contributed by atoms with E-state index in [2.05, 4.69) is 55.0 Å². The van der Waals surface area contributed by atoms with Crippen molar-refractivity contribution in [3.8, 4) is 0 Å².